The summed E-state index contributed by atoms with van der Waals surface area (Å²) in [6, 6.07) is 11.9. The van der Waals surface area contributed by atoms with Crippen LogP contribution in [0.3, 0.4) is 0 Å². The van der Waals surface area contributed by atoms with Crippen LogP contribution in [0.25, 0.3) is 0 Å². The lowest BCUT2D eigenvalue weighted by Crippen LogP contribution is -2.37. The van der Waals surface area contributed by atoms with Gasteiger partial charge in [0.2, 0.25) is 5.95 Å². The lowest BCUT2D eigenvalue weighted by molar-refractivity contribution is 0.0947. The molecule has 3 aromatic rings. The minimum absolute atomic E-state index is 0.254. The van der Waals surface area contributed by atoms with Gasteiger partial charge in [0, 0.05) is 41.3 Å². The average molecular weight is 541 g/mol. The molecule has 0 radical (unpaired) electrons. The van der Waals surface area contributed by atoms with Gasteiger partial charge in [0.15, 0.2) is 0 Å². The van der Waals surface area contributed by atoms with Crippen molar-refractivity contribution in [2.45, 2.75) is 57.4 Å². The van der Waals surface area contributed by atoms with Crippen molar-refractivity contribution in [1.82, 2.24) is 15.3 Å². The zero-order valence-corrected chi connectivity index (χ0v) is 22.5. The molecular weight excluding hydrogens is 510 g/mol. The first-order valence-corrected chi connectivity index (χ1v) is 13.7. The van der Waals surface area contributed by atoms with Gasteiger partial charge in [0.25, 0.3) is 5.91 Å². The summed E-state index contributed by atoms with van der Waals surface area (Å²) < 4.78 is 13.9. The molecule has 194 valence electrons. The molecular formula is C29H31Cl2FN4O. The molecule has 1 aromatic heterocycles. The molecule has 2 aromatic carbocycles. The Morgan fingerprint density at radius 3 is 2.49 bits per heavy atom. The molecule has 2 heterocycles. The number of halogens is 3. The van der Waals surface area contributed by atoms with Crippen molar-refractivity contribution in [2.75, 3.05) is 18.0 Å². The van der Waals surface area contributed by atoms with Crippen molar-refractivity contribution in [1.29, 1.82) is 0 Å². The molecule has 0 unspecified atom stereocenters. The molecule has 0 atom stereocenters. The van der Waals surface area contributed by atoms with Gasteiger partial charge in [0.05, 0.1) is 11.3 Å². The maximum Gasteiger partial charge on any atom is 0.255 e. The molecule has 2 fully saturated rings. The fraction of sp³-hybridized carbons (Fsp3) is 0.414. The van der Waals surface area contributed by atoms with Gasteiger partial charge in [-0.25, -0.2) is 14.4 Å². The number of carbonyl (C=O) groups is 1. The van der Waals surface area contributed by atoms with Crippen molar-refractivity contribution in [3.63, 3.8) is 0 Å². The van der Waals surface area contributed by atoms with E-state index in [4.69, 9.17) is 28.2 Å². The Balaban J connectivity index is 1.53. The number of hydrogen-bond donors (Lipinski definition) is 1. The Morgan fingerprint density at radius 1 is 1.11 bits per heavy atom. The summed E-state index contributed by atoms with van der Waals surface area (Å²) in [5.41, 5.74) is 2.46. The minimum atomic E-state index is -0.473. The van der Waals surface area contributed by atoms with E-state index in [1.807, 2.05) is 12.1 Å². The Kier molecular flexibility index (Phi) is 7.68. The first-order chi connectivity index (χ1) is 17.9. The van der Waals surface area contributed by atoms with E-state index >= 15 is 0 Å². The third-order valence-corrected chi connectivity index (χ3v) is 8.44. The van der Waals surface area contributed by atoms with Crippen LogP contribution in [-0.4, -0.2) is 29.0 Å². The number of aromatic nitrogens is 2. The highest BCUT2D eigenvalue weighted by molar-refractivity contribution is 6.35. The van der Waals surface area contributed by atoms with E-state index in [1.165, 1.54) is 12.1 Å². The molecule has 5 rings (SSSR count). The number of anilines is 1. The van der Waals surface area contributed by atoms with Gasteiger partial charge in [-0.2, -0.15) is 0 Å². The van der Waals surface area contributed by atoms with Gasteiger partial charge in [-0.3, -0.25) is 4.79 Å². The van der Waals surface area contributed by atoms with E-state index in [-0.39, 0.29) is 18.3 Å². The van der Waals surface area contributed by atoms with Gasteiger partial charge >= 0.3 is 0 Å². The second-order valence-corrected chi connectivity index (χ2v) is 11.2. The summed E-state index contributed by atoms with van der Waals surface area (Å²) in [6.45, 7) is 4.31. The summed E-state index contributed by atoms with van der Waals surface area (Å²) in [5, 5.41) is 4.04. The van der Waals surface area contributed by atoms with Crippen LogP contribution >= 0.6 is 23.2 Å². The number of nitrogens with one attached hydrogen (secondary N) is 1. The fourth-order valence-electron chi connectivity index (χ4n) is 5.61. The average Bonchev–Trinajstić information content (AvgIpc) is 3.40. The van der Waals surface area contributed by atoms with Gasteiger partial charge < -0.3 is 10.2 Å². The summed E-state index contributed by atoms with van der Waals surface area (Å²) in [4.78, 5) is 25.6. The molecule has 1 saturated heterocycles. The van der Waals surface area contributed by atoms with Crippen molar-refractivity contribution in [3.8, 4) is 0 Å². The molecule has 2 aliphatic rings. The Labute approximate surface area is 227 Å². The lowest BCUT2D eigenvalue weighted by atomic mass is 9.74. The normalized spacial score (nSPS) is 17.7. The molecule has 0 bridgehead atoms. The van der Waals surface area contributed by atoms with Crippen LogP contribution in [0, 0.1) is 11.7 Å². The van der Waals surface area contributed by atoms with Gasteiger partial charge in [-0.1, -0.05) is 61.2 Å². The Morgan fingerprint density at radius 2 is 1.81 bits per heavy atom. The van der Waals surface area contributed by atoms with Crippen molar-refractivity contribution in [2.24, 2.45) is 5.92 Å². The second-order valence-electron chi connectivity index (χ2n) is 10.3. The van der Waals surface area contributed by atoms with Crippen molar-refractivity contribution >= 4 is 35.1 Å². The van der Waals surface area contributed by atoms with Crippen LogP contribution in [-0.2, 0) is 12.0 Å². The van der Waals surface area contributed by atoms with E-state index in [0.717, 1.165) is 68.4 Å². The van der Waals surface area contributed by atoms with Gasteiger partial charge in [0.1, 0.15) is 5.82 Å². The summed E-state index contributed by atoms with van der Waals surface area (Å²) in [6.07, 6.45) is 7.56. The van der Waals surface area contributed by atoms with E-state index in [2.05, 4.69) is 22.1 Å². The Bertz CT molecular complexity index is 1270. The highest BCUT2D eigenvalue weighted by atomic mass is 35.5. The van der Waals surface area contributed by atoms with E-state index in [0.29, 0.717) is 27.5 Å². The quantitative estimate of drug-likeness (QED) is 0.367. The monoisotopic (exact) mass is 540 g/mol. The van der Waals surface area contributed by atoms with Crippen LogP contribution in [0.2, 0.25) is 10.0 Å². The number of hydrogen-bond acceptors (Lipinski definition) is 4. The topological polar surface area (TPSA) is 58.1 Å². The van der Waals surface area contributed by atoms with Gasteiger partial charge in [-0.05, 0) is 67.0 Å². The second kappa shape index (κ2) is 11.0. The molecule has 8 heteroatoms. The third kappa shape index (κ3) is 5.46. The van der Waals surface area contributed by atoms with Crippen molar-refractivity contribution < 1.29 is 9.18 Å². The lowest BCUT2D eigenvalue weighted by Gasteiger charge is -2.34. The molecule has 37 heavy (non-hydrogen) atoms. The predicted molar refractivity (Wildman–Crippen MR) is 146 cm³/mol. The summed E-state index contributed by atoms with van der Waals surface area (Å²) in [5.74, 6) is 0.808. The fourth-order valence-corrected chi connectivity index (χ4v) is 6.09. The third-order valence-electron chi connectivity index (χ3n) is 7.85. The molecule has 0 spiro atoms. The highest BCUT2D eigenvalue weighted by Crippen LogP contribution is 2.47. The number of rotatable bonds is 6. The first kappa shape index (κ1) is 25.9. The van der Waals surface area contributed by atoms with Gasteiger partial charge in [-0.15, -0.1) is 0 Å². The standard InChI is InChI=1S/C29H31Cl2FN4O/c1-19-10-14-36(15-11-19)28-34-18-24(27(37)33-17-20-4-7-22(30)16-25(20)31)26(35-28)29(12-2-3-13-29)21-5-8-23(32)9-6-21/h4-9,16,18-19H,2-3,10-15,17H2,1H3,(H,33,37). The highest BCUT2D eigenvalue weighted by Gasteiger charge is 2.42. The van der Waals surface area contributed by atoms with Crippen LogP contribution < -0.4 is 10.2 Å². The SMILES string of the molecule is CC1CCN(c2ncc(C(=O)NCc3ccc(Cl)cc3Cl)c(C3(c4ccc(F)cc4)CCCC3)n2)CC1. The molecule has 1 aliphatic carbocycles. The van der Waals surface area contributed by atoms with Crippen LogP contribution in [0.5, 0.6) is 0 Å². The molecule has 5 nitrogen and oxygen atoms in total. The predicted octanol–water partition coefficient (Wildman–Crippen LogP) is 6.95. The number of amides is 1. The Hall–Kier alpha value is -2.70. The number of nitrogens with zero attached hydrogens (tertiary/aromatic N) is 3. The summed E-state index contributed by atoms with van der Waals surface area (Å²) >= 11 is 12.4. The zero-order chi connectivity index (χ0) is 26.0. The molecule has 1 N–H and O–H groups in total. The van der Waals surface area contributed by atoms with E-state index < -0.39 is 5.41 Å². The summed E-state index contributed by atoms with van der Waals surface area (Å²) in [7, 11) is 0. The first-order valence-electron chi connectivity index (χ1n) is 13.0. The van der Waals surface area contributed by atoms with Crippen LogP contribution in [0.15, 0.2) is 48.7 Å². The van der Waals surface area contributed by atoms with E-state index in [1.54, 1.807) is 24.4 Å². The number of piperidine rings is 1. The zero-order valence-electron chi connectivity index (χ0n) is 20.9. The molecule has 1 amide bonds. The molecule has 1 aliphatic heterocycles. The van der Waals surface area contributed by atoms with Crippen LogP contribution in [0.1, 0.15) is 72.6 Å². The smallest absolute Gasteiger partial charge is 0.255 e. The van der Waals surface area contributed by atoms with Crippen molar-refractivity contribution in [3.05, 3.63) is 86.9 Å². The number of benzene rings is 2. The molecule has 1 saturated carbocycles. The van der Waals surface area contributed by atoms with E-state index in [9.17, 15) is 9.18 Å². The maximum atomic E-state index is 13.9. The maximum absolute atomic E-state index is 13.9. The van der Waals surface area contributed by atoms with Crippen LogP contribution in [0.4, 0.5) is 10.3 Å². The largest absolute Gasteiger partial charge is 0.348 e. The minimum Gasteiger partial charge on any atom is -0.348 e. The number of carbonyl (C=O) groups excluding carboxylic acids is 1.